The van der Waals surface area contributed by atoms with Crippen molar-refractivity contribution in [3.63, 3.8) is 0 Å². The van der Waals surface area contributed by atoms with Crippen molar-refractivity contribution in [2.24, 2.45) is 5.73 Å². The van der Waals surface area contributed by atoms with Gasteiger partial charge in [-0.2, -0.15) is 0 Å². The van der Waals surface area contributed by atoms with Gasteiger partial charge in [0.1, 0.15) is 5.60 Å². The molecular formula is C15H21NO4S. The molecule has 0 heterocycles. The minimum absolute atomic E-state index is 0.0713. The number of nitrogens with two attached hydrogens (primary N) is 1. The molecule has 1 atom stereocenters. The highest BCUT2D eigenvalue weighted by molar-refractivity contribution is 7.94. The van der Waals surface area contributed by atoms with E-state index in [0.717, 1.165) is 5.41 Å². The van der Waals surface area contributed by atoms with Crippen molar-refractivity contribution in [1.29, 1.82) is 0 Å². The molecule has 116 valence electrons. The van der Waals surface area contributed by atoms with Crippen LogP contribution in [0.15, 0.2) is 46.7 Å². The monoisotopic (exact) mass is 311 g/mol. The Balaban J connectivity index is 2.66. The highest BCUT2D eigenvalue weighted by atomic mass is 32.2. The highest BCUT2D eigenvalue weighted by Crippen LogP contribution is 2.12. The van der Waals surface area contributed by atoms with Gasteiger partial charge in [0.05, 0.1) is 11.3 Å². The van der Waals surface area contributed by atoms with Gasteiger partial charge in [-0.25, -0.2) is 8.42 Å². The zero-order valence-corrected chi connectivity index (χ0v) is 13.3. The second-order valence-electron chi connectivity index (χ2n) is 5.64. The average molecular weight is 311 g/mol. The molecule has 0 bridgehead atoms. The zero-order chi connectivity index (χ0) is 16.1. The predicted octanol–water partition coefficient (Wildman–Crippen LogP) is 2.03. The smallest absolute Gasteiger partial charge is 0.308 e. The Morgan fingerprint density at radius 1 is 1.29 bits per heavy atom. The number of sulfone groups is 1. The van der Waals surface area contributed by atoms with E-state index in [0.29, 0.717) is 0 Å². The highest BCUT2D eigenvalue weighted by Gasteiger charge is 2.18. The minimum Gasteiger partial charge on any atom is -0.460 e. The third-order valence-corrected chi connectivity index (χ3v) is 3.84. The van der Waals surface area contributed by atoms with Gasteiger partial charge in [0.15, 0.2) is 9.84 Å². The Hall–Kier alpha value is -1.66. The zero-order valence-electron chi connectivity index (χ0n) is 12.4. The molecule has 0 radical (unpaired) electrons. The first-order valence-corrected chi connectivity index (χ1v) is 8.10. The van der Waals surface area contributed by atoms with Crippen LogP contribution >= 0.6 is 0 Å². The second kappa shape index (κ2) is 6.87. The van der Waals surface area contributed by atoms with Gasteiger partial charge in [-0.3, -0.25) is 4.79 Å². The van der Waals surface area contributed by atoms with E-state index in [-0.39, 0.29) is 11.3 Å². The summed E-state index contributed by atoms with van der Waals surface area (Å²) in [6, 6.07) is 7.30. The van der Waals surface area contributed by atoms with E-state index in [2.05, 4.69) is 0 Å². The predicted molar refractivity (Wildman–Crippen MR) is 81.2 cm³/mol. The molecular weight excluding hydrogens is 290 g/mol. The van der Waals surface area contributed by atoms with Crippen LogP contribution < -0.4 is 5.73 Å². The first kappa shape index (κ1) is 17.4. The first-order valence-electron chi connectivity index (χ1n) is 6.56. The van der Waals surface area contributed by atoms with Crippen LogP contribution in [0, 0.1) is 0 Å². The van der Waals surface area contributed by atoms with Crippen LogP contribution in [0.25, 0.3) is 0 Å². The van der Waals surface area contributed by atoms with Crippen LogP contribution in [-0.2, 0) is 19.4 Å². The lowest BCUT2D eigenvalue weighted by molar-refractivity contribution is -0.154. The van der Waals surface area contributed by atoms with Crippen molar-refractivity contribution in [2.75, 3.05) is 0 Å². The molecule has 0 amide bonds. The van der Waals surface area contributed by atoms with Crippen molar-refractivity contribution in [3.8, 4) is 0 Å². The third-order valence-electron chi connectivity index (χ3n) is 2.40. The van der Waals surface area contributed by atoms with Crippen LogP contribution in [0.2, 0.25) is 0 Å². The molecule has 0 fully saturated rings. The maximum Gasteiger partial charge on any atom is 0.308 e. The molecule has 0 aliphatic rings. The number of carbonyl (C=O) groups excluding carboxylic acids is 1. The topological polar surface area (TPSA) is 86.5 Å². The van der Waals surface area contributed by atoms with Crippen LogP contribution in [-0.4, -0.2) is 26.0 Å². The van der Waals surface area contributed by atoms with E-state index < -0.39 is 27.4 Å². The molecule has 6 heteroatoms. The molecule has 1 rings (SSSR count). The fourth-order valence-electron chi connectivity index (χ4n) is 1.54. The number of hydrogen-bond donors (Lipinski definition) is 1. The van der Waals surface area contributed by atoms with Gasteiger partial charge in [0, 0.05) is 11.4 Å². The molecule has 21 heavy (non-hydrogen) atoms. The molecule has 0 spiro atoms. The van der Waals surface area contributed by atoms with Gasteiger partial charge < -0.3 is 10.5 Å². The fourth-order valence-corrected chi connectivity index (χ4v) is 2.64. The van der Waals surface area contributed by atoms with Gasteiger partial charge in [-0.05, 0) is 32.9 Å². The Morgan fingerprint density at radius 3 is 2.38 bits per heavy atom. The molecule has 0 unspecified atom stereocenters. The summed E-state index contributed by atoms with van der Waals surface area (Å²) >= 11 is 0. The van der Waals surface area contributed by atoms with E-state index in [4.69, 9.17) is 10.5 Å². The molecule has 0 aliphatic heterocycles. The van der Waals surface area contributed by atoms with Crippen LogP contribution in [0.1, 0.15) is 27.2 Å². The molecule has 1 aromatic rings. The number of rotatable bonds is 5. The van der Waals surface area contributed by atoms with Gasteiger partial charge in [-0.1, -0.05) is 24.3 Å². The van der Waals surface area contributed by atoms with Crippen molar-refractivity contribution in [1.82, 2.24) is 0 Å². The van der Waals surface area contributed by atoms with Crippen LogP contribution in [0.3, 0.4) is 0 Å². The quantitative estimate of drug-likeness (QED) is 0.841. The lowest BCUT2D eigenvalue weighted by Crippen LogP contribution is -2.29. The molecule has 2 N–H and O–H groups in total. The van der Waals surface area contributed by atoms with Crippen molar-refractivity contribution in [3.05, 3.63) is 41.8 Å². The van der Waals surface area contributed by atoms with E-state index in [1.165, 1.54) is 18.2 Å². The normalized spacial score (nSPS) is 14.1. The molecule has 5 nitrogen and oxygen atoms in total. The van der Waals surface area contributed by atoms with Crippen molar-refractivity contribution >= 4 is 15.8 Å². The summed E-state index contributed by atoms with van der Waals surface area (Å²) in [6.07, 6.45) is 1.23. The van der Waals surface area contributed by atoms with Crippen LogP contribution in [0.4, 0.5) is 0 Å². The minimum atomic E-state index is -3.54. The van der Waals surface area contributed by atoms with Gasteiger partial charge in [-0.15, -0.1) is 0 Å². The standard InChI is InChI=1S/C15H21NO4S/c1-15(2,3)20-14(17)11-12(16)9-10-21(18,19)13-7-5-4-6-8-13/h4-10,12H,11,16H2,1-3H3/t12-/m1/s1. The fraction of sp³-hybridized carbons (Fsp3) is 0.400. The molecule has 0 aromatic heterocycles. The average Bonchev–Trinajstić information content (AvgIpc) is 2.35. The van der Waals surface area contributed by atoms with Gasteiger partial charge in [0.2, 0.25) is 0 Å². The SMILES string of the molecule is CC(C)(C)OC(=O)C[C@H](N)C=CS(=O)(=O)c1ccccc1. The number of hydrogen-bond acceptors (Lipinski definition) is 5. The van der Waals surface area contributed by atoms with E-state index >= 15 is 0 Å². The Morgan fingerprint density at radius 2 is 1.86 bits per heavy atom. The second-order valence-corrected chi connectivity index (χ2v) is 7.47. The van der Waals surface area contributed by atoms with E-state index in [1.54, 1.807) is 39.0 Å². The first-order chi connectivity index (χ1) is 9.60. The Labute approximate surface area is 125 Å². The molecule has 0 saturated heterocycles. The lowest BCUT2D eigenvalue weighted by Gasteiger charge is -2.20. The van der Waals surface area contributed by atoms with Gasteiger partial charge in [0.25, 0.3) is 0 Å². The molecule has 1 aromatic carbocycles. The Kier molecular flexibility index (Phi) is 5.69. The van der Waals surface area contributed by atoms with E-state index in [1.807, 2.05) is 0 Å². The van der Waals surface area contributed by atoms with Crippen molar-refractivity contribution < 1.29 is 17.9 Å². The summed E-state index contributed by atoms with van der Waals surface area (Å²) in [5, 5.41) is 1.03. The maximum absolute atomic E-state index is 12.0. The maximum atomic E-state index is 12.0. The number of esters is 1. The largest absolute Gasteiger partial charge is 0.460 e. The Bertz CT molecular complexity index is 600. The molecule has 0 aliphatic carbocycles. The van der Waals surface area contributed by atoms with Crippen LogP contribution in [0.5, 0.6) is 0 Å². The summed E-state index contributed by atoms with van der Waals surface area (Å²) < 4.78 is 29.1. The summed E-state index contributed by atoms with van der Waals surface area (Å²) in [5.74, 6) is -0.461. The lowest BCUT2D eigenvalue weighted by atomic mass is 10.2. The van der Waals surface area contributed by atoms with E-state index in [9.17, 15) is 13.2 Å². The summed E-state index contributed by atoms with van der Waals surface area (Å²) in [6.45, 7) is 5.27. The molecule has 0 saturated carbocycles. The van der Waals surface area contributed by atoms with Crippen molar-refractivity contribution in [2.45, 2.75) is 43.7 Å². The summed E-state index contributed by atoms with van der Waals surface area (Å²) in [7, 11) is -3.54. The summed E-state index contributed by atoms with van der Waals surface area (Å²) in [4.78, 5) is 11.8. The number of ether oxygens (including phenoxy) is 1. The number of carbonyl (C=O) groups is 1. The third kappa shape index (κ3) is 6.55. The number of benzene rings is 1. The van der Waals surface area contributed by atoms with Gasteiger partial charge >= 0.3 is 5.97 Å². The summed E-state index contributed by atoms with van der Waals surface area (Å²) in [5.41, 5.74) is 5.14.